The molecule has 0 unspecified atom stereocenters. The van der Waals surface area contributed by atoms with Gasteiger partial charge in [-0.15, -0.1) is 0 Å². The average Bonchev–Trinajstić information content (AvgIpc) is 2.50. The van der Waals surface area contributed by atoms with Gasteiger partial charge >= 0.3 is 5.97 Å². The Morgan fingerprint density at radius 2 is 1.48 bits per heavy atom. The molecule has 130 valence electrons. The SMILES string of the molecule is CC(=O)O[C@H](CCCCCCCCC(C)C)Cc1ccccc1. The van der Waals surface area contributed by atoms with Crippen LogP contribution in [0.5, 0.6) is 0 Å². The Balaban J connectivity index is 2.17. The van der Waals surface area contributed by atoms with Crippen molar-refractivity contribution in [2.75, 3.05) is 0 Å². The highest BCUT2D eigenvalue weighted by Gasteiger charge is 2.12. The van der Waals surface area contributed by atoms with Gasteiger partial charge in [0.1, 0.15) is 6.10 Å². The molecule has 0 saturated heterocycles. The Morgan fingerprint density at radius 1 is 0.913 bits per heavy atom. The lowest BCUT2D eigenvalue weighted by Crippen LogP contribution is -2.19. The fourth-order valence-corrected chi connectivity index (χ4v) is 2.95. The standard InChI is InChI=1S/C21H34O2/c1-18(2)13-9-6-4-5-7-12-16-21(23-19(3)22)17-20-14-10-8-11-15-20/h8,10-11,14-15,18,21H,4-7,9,12-13,16-17H2,1-3H3/t21-/m1/s1. The minimum Gasteiger partial charge on any atom is -0.462 e. The topological polar surface area (TPSA) is 26.3 Å². The van der Waals surface area contributed by atoms with E-state index in [-0.39, 0.29) is 12.1 Å². The second-order valence-electron chi connectivity index (χ2n) is 7.01. The summed E-state index contributed by atoms with van der Waals surface area (Å²) in [5.74, 6) is 0.664. The number of ether oxygens (including phenoxy) is 1. The van der Waals surface area contributed by atoms with Gasteiger partial charge in [-0.05, 0) is 24.3 Å². The fourth-order valence-electron chi connectivity index (χ4n) is 2.95. The summed E-state index contributed by atoms with van der Waals surface area (Å²) in [4.78, 5) is 11.3. The van der Waals surface area contributed by atoms with E-state index in [9.17, 15) is 4.79 Å². The van der Waals surface area contributed by atoms with Crippen LogP contribution < -0.4 is 0 Å². The van der Waals surface area contributed by atoms with Crippen molar-refractivity contribution in [2.45, 2.75) is 84.7 Å². The predicted molar refractivity (Wildman–Crippen MR) is 97.5 cm³/mol. The van der Waals surface area contributed by atoms with Crippen molar-refractivity contribution in [3.05, 3.63) is 35.9 Å². The molecule has 0 heterocycles. The van der Waals surface area contributed by atoms with Crippen LogP contribution in [0.25, 0.3) is 0 Å². The zero-order valence-corrected chi connectivity index (χ0v) is 15.2. The minimum absolute atomic E-state index is 0.0239. The molecule has 2 nitrogen and oxygen atoms in total. The molecule has 0 aliphatic carbocycles. The molecular weight excluding hydrogens is 284 g/mol. The lowest BCUT2D eigenvalue weighted by molar-refractivity contribution is -0.146. The third-order valence-corrected chi connectivity index (χ3v) is 4.20. The average molecular weight is 319 g/mol. The van der Waals surface area contributed by atoms with E-state index in [0.717, 1.165) is 25.2 Å². The maximum absolute atomic E-state index is 11.3. The van der Waals surface area contributed by atoms with Crippen LogP contribution in [0.2, 0.25) is 0 Å². The third-order valence-electron chi connectivity index (χ3n) is 4.20. The highest BCUT2D eigenvalue weighted by atomic mass is 16.5. The second-order valence-corrected chi connectivity index (χ2v) is 7.01. The van der Waals surface area contributed by atoms with Crippen LogP contribution in [0.4, 0.5) is 0 Å². The Hall–Kier alpha value is -1.31. The molecule has 0 aliphatic rings. The Morgan fingerprint density at radius 3 is 2.04 bits per heavy atom. The third kappa shape index (κ3) is 11.0. The van der Waals surface area contributed by atoms with Crippen LogP contribution in [0, 0.1) is 5.92 Å². The fraction of sp³-hybridized carbons (Fsp3) is 0.667. The van der Waals surface area contributed by atoms with E-state index in [1.165, 1.54) is 51.0 Å². The molecule has 0 spiro atoms. The van der Waals surface area contributed by atoms with Crippen LogP contribution in [-0.2, 0) is 16.0 Å². The summed E-state index contributed by atoms with van der Waals surface area (Å²) in [6, 6.07) is 10.3. The molecule has 0 fully saturated rings. The molecule has 0 aromatic heterocycles. The van der Waals surface area contributed by atoms with Gasteiger partial charge in [-0.1, -0.05) is 82.7 Å². The van der Waals surface area contributed by atoms with Gasteiger partial charge in [0.15, 0.2) is 0 Å². The number of hydrogen-bond acceptors (Lipinski definition) is 2. The van der Waals surface area contributed by atoms with E-state index in [1.807, 2.05) is 18.2 Å². The summed E-state index contributed by atoms with van der Waals surface area (Å²) in [6.45, 7) is 6.09. The molecular formula is C21H34O2. The van der Waals surface area contributed by atoms with Crippen molar-refractivity contribution >= 4 is 5.97 Å². The number of esters is 1. The molecule has 0 bridgehead atoms. The van der Waals surface area contributed by atoms with Crippen LogP contribution >= 0.6 is 0 Å². The number of hydrogen-bond donors (Lipinski definition) is 0. The summed E-state index contributed by atoms with van der Waals surface area (Å²) in [7, 11) is 0. The normalized spacial score (nSPS) is 12.3. The molecule has 1 aromatic carbocycles. The van der Waals surface area contributed by atoms with Crippen molar-refractivity contribution in [3.8, 4) is 0 Å². The van der Waals surface area contributed by atoms with Gasteiger partial charge in [-0.3, -0.25) is 4.79 Å². The monoisotopic (exact) mass is 318 g/mol. The molecule has 0 aliphatic heterocycles. The lowest BCUT2D eigenvalue weighted by Gasteiger charge is -2.17. The van der Waals surface area contributed by atoms with Gasteiger partial charge in [0, 0.05) is 13.3 Å². The maximum Gasteiger partial charge on any atom is 0.302 e. The van der Waals surface area contributed by atoms with E-state index in [0.29, 0.717) is 0 Å². The van der Waals surface area contributed by atoms with Crippen molar-refractivity contribution in [1.29, 1.82) is 0 Å². The van der Waals surface area contributed by atoms with E-state index in [2.05, 4.69) is 26.0 Å². The summed E-state index contributed by atoms with van der Waals surface area (Å²) >= 11 is 0. The molecule has 0 radical (unpaired) electrons. The van der Waals surface area contributed by atoms with E-state index < -0.39 is 0 Å². The van der Waals surface area contributed by atoms with Gasteiger partial charge in [0.25, 0.3) is 0 Å². The lowest BCUT2D eigenvalue weighted by atomic mass is 10.0. The largest absolute Gasteiger partial charge is 0.462 e. The first-order valence-corrected chi connectivity index (χ1v) is 9.29. The van der Waals surface area contributed by atoms with Gasteiger partial charge in [0.05, 0.1) is 0 Å². The van der Waals surface area contributed by atoms with Crippen LogP contribution in [-0.4, -0.2) is 12.1 Å². The smallest absolute Gasteiger partial charge is 0.302 e. The van der Waals surface area contributed by atoms with Crippen molar-refractivity contribution in [1.82, 2.24) is 0 Å². The summed E-state index contributed by atoms with van der Waals surface area (Å²) in [5.41, 5.74) is 1.24. The predicted octanol–water partition coefficient (Wildman–Crippen LogP) is 5.94. The highest BCUT2D eigenvalue weighted by Crippen LogP contribution is 2.16. The summed E-state index contributed by atoms with van der Waals surface area (Å²) < 4.78 is 5.49. The zero-order valence-electron chi connectivity index (χ0n) is 15.2. The first kappa shape index (κ1) is 19.7. The number of carbonyl (C=O) groups is 1. The van der Waals surface area contributed by atoms with Gasteiger partial charge in [-0.2, -0.15) is 0 Å². The summed E-state index contributed by atoms with van der Waals surface area (Å²) in [5, 5.41) is 0. The highest BCUT2D eigenvalue weighted by molar-refractivity contribution is 5.66. The molecule has 2 heteroatoms. The molecule has 1 aromatic rings. The molecule has 0 amide bonds. The van der Waals surface area contributed by atoms with E-state index in [1.54, 1.807) is 0 Å². The van der Waals surface area contributed by atoms with Crippen molar-refractivity contribution in [2.24, 2.45) is 5.92 Å². The molecule has 23 heavy (non-hydrogen) atoms. The molecule has 1 rings (SSSR count). The molecule has 0 saturated carbocycles. The van der Waals surface area contributed by atoms with E-state index >= 15 is 0 Å². The Bertz CT molecular complexity index is 411. The van der Waals surface area contributed by atoms with Crippen LogP contribution in [0.1, 0.15) is 77.7 Å². The number of rotatable bonds is 12. The van der Waals surface area contributed by atoms with Gasteiger partial charge in [-0.25, -0.2) is 0 Å². The quantitative estimate of drug-likeness (QED) is 0.352. The summed E-state index contributed by atoms with van der Waals surface area (Å²) in [6.07, 6.45) is 10.9. The van der Waals surface area contributed by atoms with Crippen LogP contribution in [0.3, 0.4) is 0 Å². The number of benzene rings is 1. The minimum atomic E-state index is -0.167. The first-order chi connectivity index (χ1) is 11.1. The second kappa shape index (κ2) is 12.2. The Kier molecular flexibility index (Phi) is 10.4. The number of carbonyl (C=O) groups excluding carboxylic acids is 1. The zero-order chi connectivity index (χ0) is 16.9. The first-order valence-electron chi connectivity index (χ1n) is 9.29. The maximum atomic E-state index is 11.3. The van der Waals surface area contributed by atoms with Gasteiger partial charge < -0.3 is 4.74 Å². The molecule has 0 N–H and O–H groups in total. The Labute approximate surface area is 142 Å². The molecule has 1 atom stereocenters. The van der Waals surface area contributed by atoms with Crippen molar-refractivity contribution in [3.63, 3.8) is 0 Å². The van der Waals surface area contributed by atoms with Crippen molar-refractivity contribution < 1.29 is 9.53 Å². The van der Waals surface area contributed by atoms with E-state index in [4.69, 9.17) is 4.74 Å². The number of unbranched alkanes of at least 4 members (excludes halogenated alkanes) is 5. The van der Waals surface area contributed by atoms with Gasteiger partial charge in [0.2, 0.25) is 0 Å². The van der Waals surface area contributed by atoms with Crippen LogP contribution in [0.15, 0.2) is 30.3 Å².